The van der Waals surface area contributed by atoms with Crippen molar-refractivity contribution < 1.29 is 5.73 Å². The first-order chi connectivity index (χ1) is 3.93. The molecule has 0 saturated carbocycles. The SMILES string of the molecule is [NH3+]Cc1cccnc1. The highest BCUT2D eigenvalue weighted by Crippen LogP contribution is 1.89. The molecule has 0 aliphatic heterocycles. The first kappa shape index (κ1) is 5.25. The molecule has 0 saturated heterocycles. The topological polar surface area (TPSA) is 40.5 Å². The summed E-state index contributed by atoms with van der Waals surface area (Å²) in [4.78, 5) is 3.92. The number of aromatic nitrogens is 1. The van der Waals surface area contributed by atoms with Gasteiger partial charge in [-0.1, -0.05) is 6.07 Å². The van der Waals surface area contributed by atoms with Gasteiger partial charge in [-0.15, -0.1) is 0 Å². The molecule has 8 heavy (non-hydrogen) atoms. The zero-order valence-electron chi connectivity index (χ0n) is 4.67. The number of quaternary nitrogens is 1. The summed E-state index contributed by atoms with van der Waals surface area (Å²) in [7, 11) is 0. The van der Waals surface area contributed by atoms with Crippen LogP contribution in [0, 0.1) is 0 Å². The van der Waals surface area contributed by atoms with E-state index in [0.29, 0.717) is 0 Å². The second-order valence-corrected chi connectivity index (χ2v) is 1.61. The van der Waals surface area contributed by atoms with E-state index in [2.05, 4.69) is 10.7 Å². The molecule has 0 bridgehead atoms. The van der Waals surface area contributed by atoms with E-state index in [-0.39, 0.29) is 0 Å². The van der Waals surface area contributed by atoms with Gasteiger partial charge in [0.2, 0.25) is 0 Å². The molecule has 0 amide bonds. The fraction of sp³-hybridized carbons (Fsp3) is 0.167. The molecular weight excluding hydrogens is 100 g/mol. The van der Waals surface area contributed by atoms with Crippen molar-refractivity contribution >= 4 is 0 Å². The number of rotatable bonds is 1. The number of hydrogen-bond acceptors (Lipinski definition) is 1. The lowest BCUT2D eigenvalue weighted by molar-refractivity contribution is -0.386. The fourth-order valence-electron chi connectivity index (χ4n) is 0.546. The van der Waals surface area contributed by atoms with Gasteiger partial charge in [0.25, 0.3) is 0 Å². The first-order valence-corrected chi connectivity index (χ1v) is 2.61. The highest BCUT2D eigenvalue weighted by Gasteiger charge is 1.84. The predicted molar refractivity (Wildman–Crippen MR) is 30.8 cm³/mol. The Morgan fingerprint density at radius 3 is 2.88 bits per heavy atom. The van der Waals surface area contributed by atoms with Gasteiger partial charge in [-0.3, -0.25) is 4.98 Å². The molecule has 42 valence electrons. The Hall–Kier alpha value is -0.890. The molecule has 0 spiro atoms. The summed E-state index contributed by atoms with van der Waals surface area (Å²) in [6.45, 7) is 0.827. The van der Waals surface area contributed by atoms with Crippen LogP contribution in [-0.2, 0) is 6.54 Å². The van der Waals surface area contributed by atoms with Crippen LogP contribution in [0.15, 0.2) is 24.5 Å². The van der Waals surface area contributed by atoms with Gasteiger partial charge >= 0.3 is 0 Å². The summed E-state index contributed by atoms with van der Waals surface area (Å²) >= 11 is 0. The van der Waals surface area contributed by atoms with E-state index in [1.165, 1.54) is 5.56 Å². The fourth-order valence-corrected chi connectivity index (χ4v) is 0.546. The van der Waals surface area contributed by atoms with Crippen molar-refractivity contribution in [1.82, 2.24) is 4.98 Å². The summed E-state index contributed by atoms with van der Waals surface area (Å²) in [6, 6.07) is 3.93. The van der Waals surface area contributed by atoms with Crippen LogP contribution in [0.4, 0.5) is 0 Å². The van der Waals surface area contributed by atoms with Crippen LogP contribution in [0.3, 0.4) is 0 Å². The molecule has 0 radical (unpaired) electrons. The molecule has 0 aliphatic carbocycles. The normalized spacial score (nSPS) is 9.12. The molecule has 1 heterocycles. The van der Waals surface area contributed by atoms with E-state index in [1.54, 1.807) is 6.20 Å². The quantitative estimate of drug-likeness (QED) is 0.534. The smallest absolute Gasteiger partial charge is 0.101 e. The van der Waals surface area contributed by atoms with Crippen molar-refractivity contribution in [2.75, 3.05) is 0 Å². The lowest BCUT2D eigenvalue weighted by atomic mass is 10.3. The largest absolute Gasteiger partial charge is 0.354 e. The lowest BCUT2D eigenvalue weighted by Gasteiger charge is -1.86. The highest BCUT2D eigenvalue weighted by atomic mass is 14.6. The molecule has 2 nitrogen and oxygen atoms in total. The van der Waals surface area contributed by atoms with Gasteiger partial charge in [-0.25, -0.2) is 0 Å². The minimum absolute atomic E-state index is 0.827. The van der Waals surface area contributed by atoms with E-state index in [1.807, 2.05) is 18.3 Å². The lowest BCUT2D eigenvalue weighted by Crippen LogP contribution is -2.47. The van der Waals surface area contributed by atoms with Crippen molar-refractivity contribution in [3.8, 4) is 0 Å². The van der Waals surface area contributed by atoms with Crippen LogP contribution in [0.1, 0.15) is 5.56 Å². The molecule has 0 atom stereocenters. The molecule has 0 fully saturated rings. The maximum atomic E-state index is 3.92. The van der Waals surface area contributed by atoms with Gasteiger partial charge < -0.3 is 5.73 Å². The summed E-state index contributed by atoms with van der Waals surface area (Å²) in [6.07, 6.45) is 3.59. The monoisotopic (exact) mass is 109 g/mol. The van der Waals surface area contributed by atoms with E-state index in [4.69, 9.17) is 0 Å². The van der Waals surface area contributed by atoms with Crippen molar-refractivity contribution in [3.63, 3.8) is 0 Å². The first-order valence-electron chi connectivity index (χ1n) is 2.61. The Balaban J connectivity index is 2.83. The molecule has 2 heteroatoms. The maximum absolute atomic E-state index is 3.92. The van der Waals surface area contributed by atoms with Crippen molar-refractivity contribution in [3.05, 3.63) is 30.1 Å². The van der Waals surface area contributed by atoms with Crippen molar-refractivity contribution in [2.24, 2.45) is 0 Å². The second kappa shape index (κ2) is 2.43. The van der Waals surface area contributed by atoms with Gasteiger partial charge in [0, 0.05) is 18.0 Å². The molecule has 1 rings (SSSR count). The van der Waals surface area contributed by atoms with Gasteiger partial charge in [0.15, 0.2) is 0 Å². The summed E-state index contributed by atoms with van der Waals surface area (Å²) < 4.78 is 0. The number of pyridine rings is 1. The van der Waals surface area contributed by atoms with Crippen molar-refractivity contribution in [1.29, 1.82) is 0 Å². The molecule has 0 aromatic carbocycles. The van der Waals surface area contributed by atoms with E-state index in [9.17, 15) is 0 Å². The van der Waals surface area contributed by atoms with Gasteiger partial charge in [-0.05, 0) is 6.07 Å². The molecule has 0 unspecified atom stereocenters. The molecule has 1 aromatic rings. The van der Waals surface area contributed by atoms with Gasteiger partial charge in [0.05, 0.1) is 0 Å². The summed E-state index contributed by atoms with van der Waals surface area (Å²) in [5.74, 6) is 0. The Labute approximate surface area is 48.4 Å². The second-order valence-electron chi connectivity index (χ2n) is 1.61. The third kappa shape index (κ3) is 1.04. The maximum Gasteiger partial charge on any atom is 0.101 e. The van der Waals surface area contributed by atoms with Crippen LogP contribution in [0.5, 0.6) is 0 Å². The third-order valence-corrected chi connectivity index (χ3v) is 1.01. The third-order valence-electron chi connectivity index (χ3n) is 1.01. The minimum atomic E-state index is 0.827. The van der Waals surface area contributed by atoms with E-state index >= 15 is 0 Å². The van der Waals surface area contributed by atoms with E-state index < -0.39 is 0 Å². The zero-order chi connectivity index (χ0) is 5.82. The molecular formula is C6H9N2+. The van der Waals surface area contributed by atoms with E-state index in [0.717, 1.165) is 6.54 Å². The van der Waals surface area contributed by atoms with Gasteiger partial charge in [-0.2, -0.15) is 0 Å². The van der Waals surface area contributed by atoms with Crippen LogP contribution in [0.25, 0.3) is 0 Å². The highest BCUT2D eigenvalue weighted by molar-refractivity contribution is 5.05. The summed E-state index contributed by atoms with van der Waals surface area (Å²) in [5.41, 5.74) is 4.90. The van der Waals surface area contributed by atoms with Crippen LogP contribution >= 0.6 is 0 Å². The minimum Gasteiger partial charge on any atom is -0.354 e. The van der Waals surface area contributed by atoms with Crippen molar-refractivity contribution in [2.45, 2.75) is 6.54 Å². The van der Waals surface area contributed by atoms with Crippen LogP contribution in [-0.4, -0.2) is 4.98 Å². The zero-order valence-corrected chi connectivity index (χ0v) is 4.67. The number of nitrogens with zero attached hydrogens (tertiary/aromatic N) is 1. The Kier molecular flexibility index (Phi) is 1.59. The summed E-state index contributed by atoms with van der Waals surface area (Å²) in [5, 5.41) is 0. The molecule has 0 aliphatic rings. The average molecular weight is 109 g/mol. The Morgan fingerprint density at radius 2 is 2.50 bits per heavy atom. The van der Waals surface area contributed by atoms with Crippen LogP contribution in [0.2, 0.25) is 0 Å². The standard InChI is InChI=1S/C6H8N2/c7-4-6-2-1-3-8-5-6/h1-3,5H,4,7H2/p+1. The Bertz CT molecular complexity index is 148. The predicted octanol–water partition coefficient (Wildman–Crippen LogP) is -0.177. The number of hydrogen-bond donors (Lipinski definition) is 1. The molecule has 1 aromatic heterocycles. The molecule has 3 N–H and O–H groups in total. The Morgan fingerprint density at radius 1 is 1.62 bits per heavy atom. The van der Waals surface area contributed by atoms with Crippen LogP contribution < -0.4 is 5.73 Å². The van der Waals surface area contributed by atoms with Gasteiger partial charge in [0.1, 0.15) is 6.54 Å². The average Bonchev–Trinajstić information content (AvgIpc) is 1.90.